The Morgan fingerprint density at radius 2 is 1.82 bits per heavy atom. The van der Waals surface area contributed by atoms with E-state index in [2.05, 4.69) is 11.2 Å². The van der Waals surface area contributed by atoms with Gasteiger partial charge in [0.1, 0.15) is 0 Å². The summed E-state index contributed by atoms with van der Waals surface area (Å²) in [5.41, 5.74) is 4.15. The molecule has 0 saturated carbocycles. The number of carbonyl (C=O) groups excluding carboxylic acids is 1. The molecule has 1 aliphatic heterocycles. The molecule has 0 aromatic heterocycles. The fraction of sp³-hybridized carbons (Fsp3) is 0.429. The Morgan fingerprint density at radius 1 is 1.24 bits per heavy atom. The van der Waals surface area contributed by atoms with Crippen molar-refractivity contribution in [2.24, 2.45) is 11.0 Å². The van der Waals surface area contributed by atoms with Gasteiger partial charge in [-0.15, -0.1) is 0 Å². The van der Waals surface area contributed by atoms with Crippen molar-refractivity contribution in [1.29, 1.82) is 0 Å². The minimum absolute atomic E-state index is 0.0758. The van der Waals surface area contributed by atoms with Gasteiger partial charge < -0.3 is 0 Å². The van der Waals surface area contributed by atoms with E-state index in [4.69, 9.17) is 0 Å². The highest BCUT2D eigenvalue weighted by molar-refractivity contribution is 6.15. The SMILES string of the molecule is CCC1=NN(c2cc(C)cc(C)c2)C(=O)C1C. The van der Waals surface area contributed by atoms with E-state index in [0.29, 0.717) is 0 Å². The first-order valence-electron chi connectivity index (χ1n) is 6.02. The third-order valence-electron chi connectivity index (χ3n) is 3.12. The van der Waals surface area contributed by atoms with E-state index in [-0.39, 0.29) is 11.8 Å². The van der Waals surface area contributed by atoms with Gasteiger partial charge in [-0.05, 0) is 50.5 Å². The van der Waals surface area contributed by atoms with Crippen LogP contribution in [0.25, 0.3) is 0 Å². The van der Waals surface area contributed by atoms with Gasteiger partial charge in [0.05, 0.1) is 17.3 Å². The van der Waals surface area contributed by atoms with Crippen molar-refractivity contribution in [2.75, 3.05) is 5.01 Å². The highest BCUT2D eigenvalue weighted by atomic mass is 16.2. The molecule has 1 aliphatic rings. The van der Waals surface area contributed by atoms with E-state index < -0.39 is 0 Å². The van der Waals surface area contributed by atoms with Gasteiger partial charge in [-0.3, -0.25) is 4.79 Å². The summed E-state index contributed by atoms with van der Waals surface area (Å²) in [4.78, 5) is 12.1. The molecule has 2 rings (SSSR count). The molecule has 1 heterocycles. The zero-order valence-electron chi connectivity index (χ0n) is 10.8. The zero-order valence-corrected chi connectivity index (χ0v) is 10.8. The lowest BCUT2D eigenvalue weighted by atomic mass is 10.0. The molecule has 0 aliphatic carbocycles. The second-order valence-electron chi connectivity index (χ2n) is 4.66. The molecule has 0 saturated heterocycles. The number of aryl methyl sites for hydroxylation is 2. The predicted octanol–water partition coefficient (Wildman–Crippen LogP) is 3.05. The number of carbonyl (C=O) groups is 1. The van der Waals surface area contributed by atoms with Crippen molar-refractivity contribution < 1.29 is 4.79 Å². The smallest absolute Gasteiger partial charge is 0.255 e. The van der Waals surface area contributed by atoms with Gasteiger partial charge in [0.15, 0.2) is 0 Å². The van der Waals surface area contributed by atoms with E-state index in [9.17, 15) is 4.79 Å². The molecule has 90 valence electrons. The third kappa shape index (κ3) is 2.09. The Kier molecular flexibility index (Phi) is 3.01. The fourth-order valence-corrected chi connectivity index (χ4v) is 2.23. The summed E-state index contributed by atoms with van der Waals surface area (Å²) >= 11 is 0. The number of amides is 1. The Bertz CT molecular complexity index is 471. The topological polar surface area (TPSA) is 32.7 Å². The first-order chi connectivity index (χ1) is 8.02. The summed E-state index contributed by atoms with van der Waals surface area (Å²) in [7, 11) is 0. The summed E-state index contributed by atoms with van der Waals surface area (Å²) in [6.07, 6.45) is 0.828. The number of rotatable bonds is 2. The van der Waals surface area contributed by atoms with Crippen LogP contribution < -0.4 is 5.01 Å². The number of hydrazone groups is 1. The summed E-state index contributed by atoms with van der Waals surface area (Å²) in [5.74, 6) is -0.00679. The van der Waals surface area contributed by atoms with Crippen molar-refractivity contribution in [3.8, 4) is 0 Å². The Hall–Kier alpha value is -1.64. The number of hydrogen-bond acceptors (Lipinski definition) is 2. The van der Waals surface area contributed by atoms with Crippen molar-refractivity contribution in [2.45, 2.75) is 34.1 Å². The molecule has 17 heavy (non-hydrogen) atoms. The first-order valence-corrected chi connectivity index (χ1v) is 6.02. The molecule has 1 atom stereocenters. The Labute approximate surface area is 102 Å². The number of nitrogens with zero attached hydrogens (tertiary/aromatic N) is 2. The summed E-state index contributed by atoms with van der Waals surface area (Å²) in [6, 6.07) is 6.09. The van der Waals surface area contributed by atoms with Gasteiger partial charge in [-0.25, -0.2) is 5.01 Å². The summed E-state index contributed by atoms with van der Waals surface area (Å²) in [6.45, 7) is 8.02. The van der Waals surface area contributed by atoms with E-state index in [1.54, 1.807) is 5.01 Å². The lowest BCUT2D eigenvalue weighted by Crippen LogP contribution is -2.25. The summed E-state index contributed by atoms with van der Waals surface area (Å²) in [5, 5.41) is 5.97. The largest absolute Gasteiger partial charge is 0.272 e. The number of hydrogen-bond donors (Lipinski definition) is 0. The second kappa shape index (κ2) is 4.32. The van der Waals surface area contributed by atoms with Crippen molar-refractivity contribution >= 4 is 17.3 Å². The molecular weight excluding hydrogens is 212 g/mol. The lowest BCUT2D eigenvalue weighted by molar-refractivity contribution is -0.119. The van der Waals surface area contributed by atoms with Crippen LogP contribution in [-0.4, -0.2) is 11.6 Å². The Morgan fingerprint density at radius 3 is 2.29 bits per heavy atom. The van der Waals surface area contributed by atoms with Crippen LogP contribution in [0.5, 0.6) is 0 Å². The number of benzene rings is 1. The van der Waals surface area contributed by atoms with E-state index >= 15 is 0 Å². The van der Waals surface area contributed by atoms with Crippen molar-refractivity contribution in [3.63, 3.8) is 0 Å². The van der Waals surface area contributed by atoms with Crippen LogP contribution in [0.1, 0.15) is 31.4 Å². The summed E-state index contributed by atoms with van der Waals surface area (Å²) < 4.78 is 0. The van der Waals surface area contributed by atoms with Crippen LogP contribution >= 0.6 is 0 Å². The minimum Gasteiger partial charge on any atom is -0.272 e. The molecule has 1 unspecified atom stereocenters. The van der Waals surface area contributed by atoms with Gasteiger partial charge in [0.25, 0.3) is 5.91 Å². The van der Waals surface area contributed by atoms with E-state index in [1.807, 2.05) is 39.8 Å². The molecule has 0 fully saturated rings. The molecule has 1 amide bonds. The molecule has 1 aromatic carbocycles. The minimum atomic E-state index is -0.0826. The average Bonchev–Trinajstić information content (AvgIpc) is 2.54. The maximum Gasteiger partial charge on any atom is 0.255 e. The molecular formula is C14H18N2O. The second-order valence-corrected chi connectivity index (χ2v) is 4.66. The van der Waals surface area contributed by atoms with Crippen molar-refractivity contribution in [3.05, 3.63) is 29.3 Å². The normalized spacial score (nSPS) is 19.8. The molecule has 0 bridgehead atoms. The van der Waals surface area contributed by atoms with Gasteiger partial charge in [-0.1, -0.05) is 13.0 Å². The lowest BCUT2D eigenvalue weighted by Gasteiger charge is -2.14. The van der Waals surface area contributed by atoms with Gasteiger partial charge in [-0.2, -0.15) is 5.10 Å². The highest BCUT2D eigenvalue weighted by Gasteiger charge is 2.32. The van der Waals surface area contributed by atoms with Crippen LogP contribution in [-0.2, 0) is 4.79 Å². The standard InChI is InChI=1S/C14H18N2O/c1-5-13-11(4)14(17)16(15-13)12-7-9(2)6-10(3)8-12/h6-8,11H,5H2,1-4H3. The molecule has 0 N–H and O–H groups in total. The zero-order chi connectivity index (χ0) is 12.6. The highest BCUT2D eigenvalue weighted by Crippen LogP contribution is 2.26. The van der Waals surface area contributed by atoms with Crippen LogP contribution in [0, 0.1) is 19.8 Å². The molecule has 1 aromatic rings. The first kappa shape index (κ1) is 11.8. The van der Waals surface area contributed by atoms with E-state index in [0.717, 1.165) is 28.9 Å². The third-order valence-corrected chi connectivity index (χ3v) is 3.12. The monoisotopic (exact) mass is 230 g/mol. The Balaban J connectivity index is 2.41. The van der Waals surface area contributed by atoms with Gasteiger partial charge >= 0.3 is 0 Å². The van der Waals surface area contributed by atoms with Crippen LogP contribution in [0.4, 0.5) is 5.69 Å². The molecule has 0 spiro atoms. The quantitative estimate of drug-likeness (QED) is 0.768. The van der Waals surface area contributed by atoms with Crippen LogP contribution in [0.2, 0.25) is 0 Å². The molecule has 3 heteroatoms. The van der Waals surface area contributed by atoms with Gasteiger partial charge in [0.2, 0.25) is 0 Å². The molecule has 0 radical (unpaired) electrons. The maximum atomic E-state index is 12.1. The molecule has 3 nitrogen and oxygen atoms in total. The maximum absolute atomic E-state index is 12.1. The van der Waals surface area contributed by atoms with Gasteiger partial charge in [0, 0.05) is 0 Å². The number of anilines is 1. The average molecular weight is 230 g/mol. The van der Waals surface area contributed by atoms with Crippen molar-refractivity contribution in [1.82, 2.24) is 0 Å². The fourth-order valence-electron chi connectivity index (χ4n) is 2.23. The van der Waals surface area contributed by atoms with Crippen LogP contribution in [0.15, 0.2) is 23.3 Å². The van der Waals surface area contributed by atoms with E-state index in [1.165, 1.54) is 0 Å². The van der Waals surface area contributed by atoms with Crippen LogP contribution in [0.3, 0.4) is 0 Å². The predicted molar refractivity (Wildman–Crippen MR) is 70.3 cm³/mol.